The minimum absolute atomic E-state index is 0.0468. The summed E-state index contributed by atoms with van der Waals surface area (Å²) in [6.07, 6.45) is 19.0. The van der Waals surface area contributed by atoms with Crippen LogP contribution in [0.5, 0.6) is 5.75 Å². The van der Waals surface area contributed by atoms with E-state index in [9.17, 15) is 9.90 Å². The third kappa shape index (κ3) is 14.0. The van der Waals surface area contributed by atoms with Gasteiger partial charge in [-0.3, -0.25) is 4.79 Å². The fraction of sp³-hybridized carbons (Fsp3) is 0.652. The number of rotatable bonds is 16. The molecule has 152 valence electrons. The number of nitrogens with one attached hydrogen (secondary N) is 1. The molecule has 0 aromatic heterocycles. The highest BCUT2D eigenvalue weighted by Gasteiger charge is 1.99. The molecule has 0 heterocycles. The predicted molar refractivity (Wildman–Crippen MR) is 114 cm³/mol. The molecule has 0 aliphatic heterocycles. The van der Waals surface area contributed by atoms with Gasteiger partial charge in [0.1, 0.15) is 5.75 Å². The van der Waals surface area contributed by atoms with Crippen LogP contribution in [0.4, 0.5) is 0 Å². The molecule has 0 radical (unpaired) electrons. The molecule has 0 unspecified atom stereocenters. The van der Waals surface area contributed by atoms with Crippen LogP contribution in [0.25, 0.3) is 0 Å². The summed E-state index contributed by atoms with van der Waals surface area (Å²) in [7, 11) is 0. The number of aromatic hydroxyl groups is 1. The molecule has 1 aromatic rings. The summed E-state index contributed by atoms with van der Waals surface area (Å²) in [4.78, 5) is 11.7. The Bertz CT molecular complexity index is 529. The number of hydrogen-bond donors (Lipinski definition) is 2. The average molecular weight is 375 g/mol. The van der Waals surface area contributed by atoms with Crippen molar-refractivity contribution in [2.75, 3.05) is 0 Å². The lowest BCUT2D eigenvalue weighted by atomic mass is 10.0. The predicted octanol–water partition coefficient (Wildman–Crippen LogP) is 6.32. The van der Waals surface area contributed by atoms with Crippen LogP contribution in [0.3, 0.4) is 0 Å². The summed E-state index contributed by atoms with van der Waals surface area (Å²) in [5, 5.41) is 13.3. The van der Waals surface area contributed by atoms with E-state index in [1.165, 1.54) is 70.6 Å². The molecule has 0 bridgehead atoms. The van der Waals surface area contributed by atoms with Crippen molar-refractivity contribution in [1.29, 1.82) is 0 Å². The molecule has 0 saturated carbocycles. The van der Waals surface area contributed by atoms with Gasteiger partial charge in [-0.1, -0.05) is 96.1 Å². The quantitative estimate of drug-likeness (QED) is 0.202. The Balaban J connectivity index is 1.88. The van der Waals surface area contributed by atoms with E-state index < -0.39 is 0 Å². The van der Waals surface area contributed by atoms with Gasteiger partial charge in [-0.25, -0.2) is 5.43 Å². The minimum atomic E-state index is -0.0468. The first-order valence-electron chi connectivity index (χ1n) is 10.8. The largest absolute Gasteiger partial charge is 0.508 e. The smallest absolute Gasteiger partial charge is 0.240 e. The average Bonchev–Trinajstić information content (AvgIpc) is 2.65. The standard InChI is InChI=1S/C23H38N2O2/c1-2-3-4-5-6-7-8-9-10-11-12-13-14-18-23(27)25-24-20-21-16-15-17-22(26)19-21/h15-17,19-20,26H,2-14,18H2,1H3,(H,25,27)/b24-20-. The van der Waals surface area contributed by atoms with Crippen LogP contribution in [0.1, 0.15) is 102 Å². The van der Waals surface area contributed by atoms with Crippen LogP contribution < -0.4 is 5.43 Å². The Morgan fingerprint density at radius 3 is 2.04 bits per heavy atom. The normalized spacial score (nSPS) is 11.1. The van der Waals surface area contributed by atoms with E-state index in [4.69, 9.17) is 0 Å². The number of unbranched alkanes of at least 4 members (excludes halogenated alkanes) is 12. The molecule has 0 aliphatic rings. The van der Waals surface area contributed by atoms with E-state index in [1.807, 2.05) is 6.07 Å². The van der Waals surface area contributed by atoms with Crippen molar-refractivity contribution in [2.24, 2.45) is 5.10 Å². The van der Waals surface area contributed by atoms with Gasteiger partial charge in [-0.15, -0.1) is 0 Å². The van der Waals surface area contributed by atoms with Crippen LogP contribution in [-0.4, -0.2) is 17.2 Å². The number of hydrogen-bond acceptors (Lipinski definition) is 3. The lowest BCUT2D eigenvalue weighted by Gasteiger charge is -2.03. The van der Waals surface area contributed by atoms with Crippen molar-refractivity contribution < 1.29 is 9.90 Å². The molecule has 1 rings (SSSR count). The molecule has 4 heteroatoms. The van der Waals surface area contributed by atoms with Crippen molar-refractivity contribution in [1.82, 2.24) is 5.43 Å². The molecule has 1 amide bonds. The molecule has 0 spiro atoms. The minimum Gasteiger partial charge on any atom is -0.508 e. The number of amides is 1. The first kappa shape index (κ1) is 23.2. The molecule has 27 heavy (non-hydrogen) atoms. The van der Waals surface area contributed by atoms with Gasteiger partial charge in [0.15, 0.2) is 0 Å². The van der Waals surface area contributed by atoms with E-state index in [0.717, 1.165) is 18.4 Å². The highest BCUT2D eigenvalue weighted by atomic mass is 16.3. The topological polar surface area (TPSA) is 61.7 Å². The van der Waals surface area contributed by atoms with Crippen LogP contribution in [-0.2, 0) is 4.79 Å². The van der Waals surface area contributed by atoms with E-state index >= 15 is 0 Å². The van der Waals surface area contributed by atoms with E-state index in [2.05, 4.69) is 17.5 Å². The zero-order valence-corrected chi connectivity index (χ0v) is 17.1. The maximum Gasteiger partial charge on any atom is 0.240 e. The lowest BCUT2D eigenvalue weighted by Crippen LogP contribution is -2.16. The van der Waals surface area contributed by atoms with E-state index in [1.54, 1.807) is 24.4 Å². The van der Waals surface area contributed by atoms with Gasteiger partial charge >= 0.3 is 0 Å². The van der Waals surface area contributed by atoms with E-state index in [-0.39, 0.29) is 11.7 Å². The van der Waals surface area contributed by atoms with Gasteiger partial charge < -0.3 is 5.11 Å². The molecule has 0 atom stereocenters. The number of benzene rings is 1. The summed E-state index contributed by atoms with van der Waals surface area (Å²) in [5.41, 5.74) is 3.30. The van der Waals surface area contributed by atoms with Gasteiger partial charge in [0, 0.05) is 6.42 Å². The third-order valence-electron chi connectivity index (χ3n) is 4.78. The second-order valence-corrected chi connectivity index (χ2v) is 7.38. The first-order chi connectivity index (χ1) is 13.2. The maximum atomic E-state index is 11.7. The Morgan fingerprint density at radius 1 is 0.926 bits per heavy atom. The zero-order valence-electron chi connectivity index (χ0n) is 17.1. The monoisotopic (exact) mass is 374 g/mol. The fourth-order valence-electron chi connectivity index (χ4n) is 3.14. The number of phenols is 1. The number of nitrogens with zero attached hydrogens (tertiary/aromatic N) is 1. The highest BCUT2D eigenvalue weighted by Crippen LogP contribution is 2.13. The summed E-state index contributed by atoms with van der Waals surface area (Å²) in [5.74, 6) is 0.145. The summed E-state index contributed by atoms with van der Waals surface area (Å²) < 4.78 is 0. The van der Waals surface area contributed by atoms with Crippen molar-refractivity contribution >= 4 is 12.1 Å². The van der Waals surface area contributed by atoms with E-state index in [0.29, 0.717) is 6.42 Å². The lowest BCUT2D eigenvalue weighted by molar-refractivity contribution is -0.121. The third-order valence-corrected chi connectivity index (χ3v) is 4.78. The van der Waals surface area contributed by atoms with Gasteiger partial charge in [-0.2, -0.15) is 5.10 Å². The second kappa shape index (κ2) is 16.3. The molecule has 2 N–H and O–H groups in total. The van der Waals surface area contributed by atoms with Crippen LogP contribution in [0.15, 0.2) is 29.4 Å². The SMILES string of the molecule is CCCCCCCCCCCCCCCC(=O)N/N=C\c1cccc(O)c1. The second-order valence-electron chi connectivity index (χ2n) is 7.38. The molecule has 4 nitrogen and oxygen atoms in total. The van der Waals surface area contributed by atoms with Crippen LogP contribution in [0, 0.1) is 0 Å². The van der Waals surface area contributed by atoms with Crippen molar-refractivity contribution in [3.8, 4) is 5.75 Å². The molecule has 1 aromatic carbocycles. The first-order valence-corrected chi connectivity index (χ1v) is 10.8. The highest BCUT2D eigenvalue weighted by molar-refractivity contribution is 5.82. The number of phenolic OH excluding ortho intramolecular Hbond substituents is 1. The van der Waals surface area contributed by atoms with Crippen molar-refractivity contribution in [2.45, 2.75) is 96.8 Å². The fourth-order valence-corrected chi connectivity index (χ4v) is 3.14. The number of hydrazone groups is 1. The molecule has 0 saturated heterocycles. The Kier molecular flexibility index (Phi) is 14.0. The molecule has 0 fully saturated rings. The summed E-state index contributed by atoms with van der Waals surface area (Å²) in [6.45, 7) is 2.26. The number of carbonyl (C=O) groups is 1. The van der Waals surface area contributed by atoms with Gasteiger partial charge in [0.2, 0.25) is 5.91 Å². The summed E-state index contributed by atoms with van der Waals surface area (Å²) in [6, 6.07) is 6.76. The maximum absolute atomic E-state index is 11.7. The van der Waals surface area contributed by atoms with Crippen LogP contribution in [0.2, 0.25) is 0 Å². The Morgan fingerprint density at radius 2 is 1.48 bits per heavy atom. The van der Waals surface area contributed by atoms with Gasteiger partial charge in [0.25, 0.3) is 0 Å². The van der Waals surface area contributed by atoms with Crippen molar-refractivity contribution in [3.63, 3.8) is 0 Å². The number of carbonyl (C=O) groups excluding carboxylic acids is 1. The zero-order chi connectivity index (χ0) is 19.6. The molecular formula is C23H38N2O2. The Labute approximate surface area is 165 Å². The molecular weight excluding hydrogens is 336 g/mol. The van der Waals surface area contributed by atoms with Gasteiger partial charge in [-0.05, 0) is 24.1 Å². The molecule has 0 aliphatic carbocycles. The van der Waals surface area contributed by atoms with Crippen molar-refractivity contribution in [3.05, 3.63) is 29.8 Å². The summed E-state index contributed by atoms with van der Waals surface area (Å²) >= 11 is 0. The van der Waals surface area contributed by atoms with Gasteiger partial charge in [0.05, 0.1) is 6.21 Å². The van der Waals surface area contributed by atoms with Crippen LogP contribution >= 0.6 is 0 Å². The Hall–Kier alpha value is -1.84.